The van der Waals surface area contributed by atoms with Crippen molar-refractivity contribution in [3.05, 3.63) is 0 Å². The Kier molecular flexibility index (Phi) is 5.81. The fraction of sp³-hybridized carbons (Fsp3) is 0.800. The molecule has 0 spiro atoms. The molecule has 0 aromatic rings. The highest BCUT2D eigenvalue weighted by molar-refractivity contribution is 6.37. The van der Waals surface area contributed by atoms with Gasteiger partial charge in [-0.3, -0.25) is 9.69 Å². The molecule has 0 aromatic heterocycles. The van der Waals surface area contributed by atoms with Crippen molar-refractivity contribution >= 4 is 11.6 Å². The van der Waals surface area contributed by atoms with Gasteiger partial charge in [-0.15, -0.1) is 0 Å². The van der Waals surface area contributed by atoms with Crippen LogP contribution < -0.4 is 5.32 Å². The molecule has 16 heavy (non-hydrogen) atoms. The summed E-state index contributed by atoms with van der Waals surface area (Å²) in [5.41, 5.74) is 0.0892. The molecule has 0 aromatic carbocycles. The van der Waals surface area contributed by atoms with E-state index in [4.69, 9.17) is 9.94 Å². The van der Waals surface area contributed by atoms with E-state index >= 15 is 0 Å². The molecule has 92 valence electrons. The summed E-state index contributed by atoms with van der Waals surface area (Å²) in [6.45, 7) is 6.54. The largest absolute Gasteiger partial charge is 0.410 e. The van der Waals surface area contributed by atoms with E-state index in [9.17, 15) is 4.79 Å². The zero-order chi connectivity index (χ0) is 11.8. The van der Waals surface area contributed by atoms with Crippen LogP contribution in [0.15, 0.2) is 5.16 Å². The van der Waals surface area contributed by atoms with Gasteiger partial charge in [-0.05, 0) is 19.9 Å². The van der Waals surface area contributed by atoms with Crippen LogP contribution in [0, 0.1) is 0 Å². The molecule has 6 heteroatoms. The molecule has 0 radical (unpaired) electrons. The number of oxime groups is 1. The zero-order valence-electron chi connectivity index (χ0n) is 9.61. The van der Waals surface area contributed by atoms with E-state index in [1.807, 2.05) is 0 Å². The Balaban J connectivity index is 2.05. The summed E-state index contributed by atoms with van der Waals surface area (Å²) in [4.78, 5) is 13.5. The highest BCUT2D eigenvalue weighted by Gasteiger charge is 2.10. The Morgan fingerprint density at radius 2 is 2.19 bits per heavy atom. The van der Waals surface area contributed by atoms with Gasteiger partial charge >= 0.3 is 0 Å². The Labute approximate surface area is 95.2 Å². The number of hydrogen-bond donors (Lipinski definition) is 2. The van der Waals surface area contributed by atoms with Crippen molar-refractivity contribution in [2.45, 2.75) is 13.3 Å². The number of hydrogen-bond acceptors (Lipinski definition) is 5. The average Bonchev–Trinajstić information content (AvgIpc) is 2.34. The first-order valence-corrected chi connectivity index (χ1v) is 5.51. The van der Waals surface area contributed by atoms with Crippen LogP contribution in [0.3, 0.4) is 0 Å². The van der Waals surface area contributed by atoms with E-state index in [-0.39, 0.29) is 11.6 Å². The Hall–Kier alpha value is -1.14. The summed E-state index contributed by atoms with van der Waals surface area (Å²) in [5, 5.41) is 13.9. The number of nitrogens with zero attached hydrogens (tertiary/aromatic N) is 2. The number of nitrogens with one attached hydrogen (secondary N) is 1. The summed E-state index contributed by atoms with van der Waals surface area (Å²) in [7, 11) is 0. The van der Waals surface area contributed by atoms with Gasteiger partial charge in [0.1, 0.15) is 5.71 Å². The normalized spacial score (nSPS) is 18.4. The van der Waals surface area contributed by atoms with Crippen molar-refractivity contribution in [3.63, 3.8) is 0 Å². The van der Waals surface area contributed by atoms with Crippen molar-refractivity contribution in [1.29, 1.82) is 0 Å². The van der Waals surface area contributed by atoms with E-state index < -0.39 is 0 Å². The molecule has 1 saturated heterocycles. The number of carbonyl (C=O) groups excluding carboxylic acids is 1. The standard InChI is InChI=1S/C10H19N3O3/c1-9(12-15)10(14)11-3-2-4-13-5-7-16-8-6-13/h15H,2-8H2,1H3,(H,11,14). The lowest BCUT2D eigenvalue weighted by Gasteiger charge is -2.26. The van der Waals surface area contributed by atoms with Crippen molar-refractivity contribution in [2.75, 3.05) is 39.4 Å². The highest BCUT2D eigenvalue weighted by atomic mass is 16.5. The lowest BCUT2D eigenvalue weighted by Crippen LogP contribution is -2.38. The molecule has 1 fully saturated rings. The molecular formula is C10H19N3O3. The first-order valence-electron chi connectivity index (χ1n) is 5.51. The number of carbonyl (C=O) groups is 1. The van der Waals surface area contributed by atoms with Crippen LogP contribution >= 0.6 is 0 Å². The SMILES string of the molecule is CC(=NO)C(=O)NCCCN1CCOCC1. The molecule has 0 saturated carbocycles. The average molecular weight is 229 g/mol. The number of morpholine rings is 1. The lowest BCUT2D eigenvalue weighted by molar-refractivity contribution is -0.115. The van der Waals surface area contributed by atoms with Crippen LogP contribution in [0.25, 0.3) is 0 Å². The fourth-order valence-electron chi connectivity index (χ4n) is 1.50. The Morgan fingerprint density at radius 1 is 1.50 bits per heavy atom. The maximum absolute atomic E-state index is 11.2. The van der Waals surface area contributed by atoms with Crippen LogP contribution in [0.1, 0.15) is 13.3 Å². The Morgan fingerprint density at radius 3 is 2.81 bits per heavy atom. The third-order valence-corrected chi connectivity index (χ3v) is 2.52. The molecule has 0 unspecified atom stereocenters. The van der Waals surface area contributed by atoms with Gasteiger partial charge in [0.05, 0.1) is 13.2 Å². The first kappa shape index (κ1) is 12.9. The van der Waals surface area contributed by atoms with Gasteiger partial charge in [0, 0.05) is 19.6 Å². The number of rotatable bonds is 5. The quantitative estimate of drug-likeness (QED) is 0.293. The first-order chi connectivity index (χ1) is 7.74. The van der Waals surface area contributed by atoms with Crippen LogP contribution in [0.5, 0.6) is 0 Å². The van der Waals surface area contributed by atoms with Crippen LogP contribution in [0.4, 0.5) is 0 Å². The summed E-state index contributed by atoms with van der Waals surface area (Å²) in [5.74, 6) is -0.315. The minimum Gasteiger partial charge on any atom is -0.410 e. The minimum atomic E-state index is -0.315. The number of amides is 1. The van der Waals surface area contributed by atoms with E-state index in [1.165, 1.54) is 6.92 Å². The third kappa shape index (κ3) is 4.59. The van der Waals surface area contributed by atoms with Crippen LogP contribution in [-0.4, -0.2) is 61.1 Å². The van der Waals surface area contributed by atoms with E-state index in [0.717, 1.165) is 39.3 Å². The fourth-order valence-corrected chi connectivity index (χ4v) is 1.50. The smallest absolute Gasteiger partial charge is 0.268 e. The van der Waals surface area contributed by atoms with Crippen molar-refractivity contribution in [1.82, 2.24) is 10.2 Å². The lowest BCUT2D eigenvalue weighted by atomic mass is 10.3. The number of ether oxygens (including phenoxy) is 1. The maximum atomic E-state index is 11.2. The summed E-state index contributed by atoms with van der Waals surface area (Å²) in [6.07, 6.45) is 0.893. The van der Waals surface area contributed by atoms with Gasteiger partial charge in [-0.1, -0.05) is 5.16 Å². The molecule has 1 rings (SSSR count). The molecule has 1 heterocycles. The Bertz CT molecular complexity index is 250. The van der Waals surface area contributed by atoms with Crippen molar-refractivity contribution < 1.29 is 14.7 Å². The van der Waals surface area contributed by atoms with Crippen LogP contribution in [-0.2, 0) is 9.53 Å². The minimum absolute atomic E-state index is 0.0892. The molecule has 1 aliphatic rings. The summed E-state index contributed by atoms with van der Waals surface area (Å²) < 4.78 is 5.24. The van der Waals surface area contributed by atoms with E-state index in [0.29, 0.717) is 6.54 Å². The molecule has 0 aliphatic carbocycles. The second-order valence-corrected chi connectivity index (χ2v) is 3.75. The topological polar surface area (TPSA) is 74.2 Å². The highest BCUT2D eigenvalue weighted by Crippen LogP contribution is 1.97. The van der Waals surface area contributed by atoms with Crippen molar-refractivity contribution in [2.24, 2.45) is 5.16 Å². The van der Waals surface area contributed by atoms with Crippen LogP contribution in [0.2, 0.25) is 0 Å². The van der Waals surface area contributed by atoms with E-state index in [2.05, 4.69) is 15.4 Å². The maximum Gasteiger partial charge on any atom is 0.268 e. The zero-order valence-corrected chi connectivity index (χ0v) is 9.61. The van der Waals surface area contributed by atoms with Gasteiger partial charge in [-0.2, -0.15) is 0 Å². The monoisotopic (exact) mass is 229 g/mol. The summed E-state index contributed by atoms with van der Waals surface area (Å²) in [6, 6.07) is 0. The van der Waals surface area contributed by atoms with Gasteiger partial charge in [0.2, 0.25) is 0 Å². The molecular weight excluding hydrogens is 210 g/mol. The summed E-state index contributed by atoms with van der Waals surface area (Å²) >= 11 is 0. The molecule has 1 aliphatic heterocycles. The van der Waals surface area contributed by atoms with Gasteiger partial charge in [-0.25, -0.2) is 0 Å². The second kappa shape index (κ2) is 7.19. The molecule has 0 atom stereocenters. The predicted molar refractivity (Wildman–Crippen MR) is 59.8 cm³/mol. The molecule has 1 amide bonds. The van der Waals surface area contributed by atoms with Crippen molar-refractivity contribution in [3.8, 4) is 0 Å². The van der Waals surface area contributed by atoms with Gasteiger partial charge in [0.15, 0.2) is 0 Å². The second-order valence-electron chi connectivity index (χ2n) is 3.75. The third-order valence-electron chi connectivity index (χ3n) is 2.52. The predicted octanol–water partition coefficient (Wildman–Crippen LogP) is -0.325. The van der Waals surface area contributed by atoms with Gasteiger partial charge in [0.25, 0.3) is 5.91 Å². The molecule has 0 bridgehead atoms. The van der Waals surface area contributed by atoms with E-state index in [1.54, 1.807) is 0 Å². The molecule has 2 N–H and O–H groups in total. The van der Waals surface area contributed by atoms with Gasteiger partial charge < -0.3 is 15.3 Å². The molecule has 6 nitrogen and oxygen atoms in total.